The molecule has 1 saturated heterocycles. The summed E-state index contributed by atoms with van der Waals surface area (Å²) in [6.07, 6.45) is 2.06. The summed E-state index contributed by atoms with van der Waals surface area (Å²) in [7, 11) is 0. The average molecular weight is 363 g/mol. The van der Waals surface area contributed by atoms with Gasteiger partial charge in [-0.2, -0.15) is 0 Å². The SMILES string of the molecule is O=C(Nc1ccccc1C(=O)N1CCCC1)c1ccc(Br)o1. The van der Waals surface area contributed by atoms with E-state index in [0.29, 0.717) is 15.9 Å². The van der Waals surface area contributed by atoms with Crippen LogP contribution in [0, 0.1) is 0 Å². The number of halogens is 1. The third kappa shape index (κ3) is 3.06. The number of amides is 2. The fraction of sp³-hybridized carbons (Fsp3) is 0.250. The molecule has 1 aliphatic rings. The van der Waals surface area contributed by atoms with E-state index in [2.05, 4.69) is 21.2 Å². The molecule has 0 atom stereocenters. The van der Waals surface area contributed by atoms with E-state index in [4.69, 9.17) is 4.42 Å². The van der Waals surface area contributed by atoms with Crippen molar-refractivity contribution in [2.45, 2.75) is 12.8 Å². The van der Waals surface area contributed by atoms with E-state index in [1.54, 1.807) is 36.4 Å². The number of carbonyl (C=O) groups excluding carboxylic acids is 2. The molecular weight excluding hydrogens is 348 g/mol. The van der Waals surface area contributed by atoms with Crippen molar-refractivity contribution in [2.24, 2.45) is 0 Å². The lowest BCUT2D eigenvalue weighted by Crippen LogP contribution is -2.28. The molecule has 0 spiro atoms. The van der Waals surface area contributed by atoms with Crippen LogP contribution in [-0.4, -0.2) is 29.8 Å². The minimum atomic E-state index is -0.382. The maximum absolute atomic E-state index is 12.5. The highest BCUT2D eigenvalue weighted by Gasteiger charge is 2.22. The van der Waals surface area contributed by atoms with Crippen LogP contribution >= 0.6 is 15.9 Å². The number of nitrogens with one attached hydrogen (secondary N) is 1. The summed E-state index contributed by atoms with van der Waals surface area (Å²) in [5.74, 6) is -0.239. The summed E-state index contributed by atoms with van der Waals surface area (Å²) in [5.41, 5.74) is 1.00. The average Bonchev–Trinajstić information content (AvgIpc) is 3.18. The Morgan fingerprint density at radius 2 is 1.82 bits per heavy atom. The number of nitrogens with zero attached hydrogens (tertiary/aromatic N) is 1. The maximum Gasteiger partial charge on any atom is 0.291 e. The molecule has 1 aliphatic heterocycles. The second-order valence-electron chi connectivity index (χ2n) is 5.10. The molecule has 2 heterocycles. The van der Waals surface area contributed by atoms with Crippen LogP contribution in [0.15, 0.2) is 45.5 Å². The number of hydrogen-bond donors (Lipinski definition) is 1. The smallest absolute Gasteiger partial charge is 0.291 e. The standard InChI is InChI=1S/C16H15BrN2O3/c17-14-8-7-13(22-14)15(20)18-12-6-2-1-5-11(12)16(21)19-9-3-4-10-19/h1-2,5-8H,3-4,9-10H2,(H,18,20). The lowest BCUT2D eigenvalue weighted by molar-refractivity contribution is 0.0794. The Kier molecular flexibility index (Phi) is 4.29. The number of anilines is 1. The van der Waals surface area contributed by atoms with Gasteiger partial charge in [0.1, 0.15) is 0 Å². The third-order valence-corrected chi connectivity index (χ3v) is 4.02. The van der Waals surface area contributed by atoms with Gasteiger partial charge in [-0.25, -0.2) is 0 Å². The van der Waals surface area contributed by atoms with Gasteiger partial charge in [0.05, 0.1) is 11.3 Å². The van der Waals surface area contributed by atoms with E-state index in [-0.39, 0.29) is 17.6 Å². The fourth-order valence-electron chi connectivity index (χ4n) is 2.49. The molecule has 1 aromatic carbocycles. The first kappa shape index (κ1) is 14.8. The zero-order chi connectivity index (χ0) is 15.5. The van der Waals surface area contributed by atoms with Gasteiger partial charge >= 0.3 is 0 Å². The van der Waals surface area contributed by atoms with Crippen molar-refractivity contribution in [3.8, 4) is 0 Å². The van der Waals surface area contributed by atoms with E-state index in [0.717, 1.165) is 25.9 Å². The Balaban J connectivity index is 1.82. The van der Waals surface area contributed by atoms with Crippen LogP contribution in [0.3, 0.4) is 0 Å². The normalized spacial score (nSPS) is 14.1. The molecule has 0 aliphatic carbocycles. The van der Waals surface area contributed by atoms with Crippen LogP contribution in [0.25, 0.3) is 0 Å². The van der Waals surface area contributed by atoms with Crippen LogP contribution in [-0.2, 0) is 0 Å². The predicted octanol–water partition coefficient (Wildman–Crippen LogP) is 3.53. The highest BCUT2D eigenvalue weighted by Crippen LogP contribution is 2.21. The Hall–Kier alpha value is -2.08. The minimum Gasteiger partial charge on any atom is -0.444 e. The predicted molar refractivity (Wildman–Crippen MR) is 85.9 cm³/mol. The lowest BCUT2D eigenvalue weighted by atomic mass is 10.1. The molecule has 114 valence electrons. The first-order chi connectivity index (χ1) is 10.6. The summed E-state index contributed by atoms with van der Waals surface area (Å²) in [6, 6.07) is 10.3. The number of hydrogen-bond acceptors (Lipinski definition) is 3. The van der Waals surface area contributed by atoms with Gasteiger partial charge in [0, 0.05) is 13.1 Å². The van der Waals surface area contributed by atoms with E-state index >= 15 is 0 Å². The number of benzene rings is 1. The monoisotopic (exact) mass is 362 g/mol. The molecule has 2 aromatic rings. The minimum absolute atomic E-state index is 0.0472. The van der Waals surface area contributed by atoms with Crippen molar-refractivity contribution < 1.29 is 14.0 Å². The molecule has 0 bridgehead atoms. The highest BCUT2D eigenvalue weighted by atomic mass is 79.9. The maximum atomic E-state index is 12.5. The van der Waals surface area contributed by atoms with Crippen LogP contribution in [0.5, 0.6) is 0 Å². The lowest BCUT2D eigenvalue weighted by Gasteiger charge is -2.17. The van der Waals surface area contributed by atoms with Gasteiger partial charge < -0.3 is 14.6 Å². The quantitative estimate of drug-likeness (QED) is 0.908. The highest BCUT2D eigenvalue weighted by molar-refractivity contribution is 9.10. The summed E-state index contributed by atoms with van der Waals surface area (Å²) in [4.78, 5) is 26.5. The molecule has 1 N–H and O–H groups in total. The molecule has 0 radical (unpaired) electrons. The van der Waals surface area contributed by atoms with Gasteiger partial charge in [-0.05, 0) is 53.0 Å². The zero-order valence-corrected chi connectivity index (χ0v) is 13.4. The Labute approximate surface area is 136 Å². The van der Waals surface area contributed by atoms with Gasteiger partial charge in [0.15, 0.2) is 10.4 Å². The largest absolute Gasteiger partial charge is 0.444 e. The molecule has 0 saturated carbocycles. The second kappa shape index (κ2) is 6.36. The molecule has 1 aromatic heterocycles. The van der Waals surface area contributed by atoms with Gasteiger partial charge in [-0.15, -0.1) is 0 Å². The van der Waals surface area contributed by atoms with Crippen molar-refractivity contribution in [1.82, 2.24) is 4.90 Å². The Morgan fingerprint density at radius 1 is 1.09 bits per heavy atom. The Morgan fingerprint density at radius 3 is 2.50 bits per heavy atom. The fourth-order valence-corrected chi connectivity index (χ4v) is 2.80. The molecule has 3 rings (SSSR count). The first-order valence-electron chi connectivity index (χ1n) is 7.10. The number of rotatable bonds is 3. The van der Waals surface area contributed by atoms with Crippen LogP contribution in [0.4, 0.5) is 5.69 Å². The van der Waals surface area contributed by atoms with Gasteiger partial charge in [-0.1, -0.05) is 12.1 Å². The van der Waals surface area contributed by atoms with Crippen LogP contribution in [0.1, 0.15) is 33.8 Å². The molecule has 22 heavy (non-hydrogen) atoms. The van der Waals surface area contributed by atoms with E-state index < -0.39 is 0 Å². The van der Waals surface area contributed by atoms with Crippen molar-refractivity contribution in [3.63, 3.8) is 0 Å². The summed E-state index contributed by atoms with van der Waals surface area (Å²) < 4.78 is 5.71. The molecule has 2 amide bonds. The van der Waals surface area contributed by atoms with Gasteiger partial charge in [0.2, 0.25) is 0 Å². The number of likely N-dealkylation sites (tertiary alicyclic amines) is 1. The molecular formula is C16H15BrN2O3. The third-order valence-electron chi connectivity index (χ3n) is 3.60. The summed E-state index contributed by atoms with van der Waals surface area (Å²) in [5, 5.41) is 2.74. The topological polar surface area (TPSA) is 62.6 Å². The number of para-hydroxylation sites is 1. The molecule has 0 unspecified atom stereocenters. The summed E-state index contributed by atoms with van der Waals surface area (Å²) >= 11 is 3.16. The molecule has 6 heteroatoms. The van der Waals surface area contributed by atoms with Crippen molar-refractivity contribution in [2.75, 3.05) is 18.4 Å². The second-order valence-corrected chi connectivity index (χ2v) is 5.88. The summed E-state index contributed by atoms with van der Waals surface area (Å²) in [6.45, 7) is 1.54. The van der Waals surface area contributed by atoms with Crippen LogP contribution in [0.2, 0.25) is 0 Å². The Bertz CT molecular complexity index is 705. The number of furan rings is 1. The van der Waals surface area contributed by atoms with Gasteiger partial charge in [-0.3, -0.25) is 9.59 Å². The van der Waals surface area contributed by atoms with Crippen molar-refractivity contribution >= 4 is 33.4 Å². The van der Waals surface area contributed by atoms with Crippen LogP contribution < -0.4 is 5.32 Å². The zero-order valence-electron chi connectivity index (χ0n) is 11.8. The molecule has 1 fully saturated rings. The van der Waals surface area contributed by atoms with Crippen molar-refractivity contribution in [1.29, 1.82) is 0 Å². The van der Waals surface area contributed by atoms with E-state index in [9.17, 15) is 9.59 Å². The van der Waals surface area contributed by atoms with Gasteiger partial charge in [0.25, 0.3) is 11.8 Å². The van der Waals surface area contributed by atoms with E-state index in [1.165, 1.54) is 0 Å². The first-order valence-corrected chi connectivity index (χ1v) is 7.89. The molecule has 5 nitrogen and oxygen atoms in total. The number of carbonyl (C=O) groups is 2. The van der Waals surface area contributed by atoms with Crippen molar-refractivity contribution in [3.05, 3.63) is 52.4 Å². The van der Waals surface area contributed by atoms with E-state index in [1.807, 2.05) is 4.90 Å².